The summed E-state index contributed by atoms with van der Waals surface area (Å²) in [5.74, 6) is 0.972. The molecule has 1 N–H and O–H groups in total. The molecular formula is C17H25N3O. The lowest BCUT2D eigenvalue weighted by Crippen LogP contribution is -2.46. The topological polar surface area (TPSA) is 35.6 Å². The lowest BCUT2D eigenvalue weighted by molar-refractivity contribution is -0.131. The molecular weight excluding hydrogens is 262 g/mol. The summed E-state index contributed by atoms with van der Waals surface area (Å²) in [6, 6.07) is 10.4. The Hall–Kier alpha value is -1.39. The molecule has 2 fully saturated rings. The smallest absolute Gasteiger partial charge is 0.226 e. The van der Waals surface area contributed by atoms with E-state index in [4.69, 9.17) is 0 Å². The van der Waals surface area contributed by atoms with E-state index < -0.39 is 0 Å². The van der Waals surface area contributed by atoms with Gasteiger partial charge in [0.05, 0.1) is 0 Å². The van der Waals surface area contributed by atoms with Gasteiger partial charge in [-0.1, -0.05) is 30.3 Å². The van der Waals surface area contributed by atoms with Gasteiger partial charge in [0.15, 0.2) is 0 Å². The van der Waals surface area contributed by atoms with Crippen molar-refractivity contribution < 1.29 is 4.79 Å². The van der Waals surface area contributed by atoms with Crippen LogP contribution in [0.3, 0.4) is 0 Å². The number of hydrogen-bond donors (Lipinski definition) is 1. The van der Waals surface area contributed by atoms with E-state index in [-0.39, 0.29) is 5.92 Å². The summed E-state index contributed by atoms with van der Waals surface area (Å²) in [6.45, 7) is 6.16. The van der Waals surface area contributed by atoms with E-state index >= 15 is 0 Å². The van der Waals surface area contributed by atoms with Crippen LogP contribution in [-0.2, 0) is 4.79 Å². The molecule has 1 amide bonds. The molecule has 0 bridgehead atoms. The first-order chi connectivity index (χ1) is 10.3. The standard InChI is InChI=1S/C17H25N3O/c1-19(11-12-20-9-7-18-8-10-20)17(21)16-13-15(16)14-5-3-2-4-6-14/h2-6,15-16,18H,7-13H2,1H3. The number of nitrogens with one attached hydrogen (secondary N) is 1. The van der Waals surface area contributed by atoms with Crippen LogP contribution >= 0.6 is 0 Å². The first-order valence-corrected chi connectivity index (χ1v) is 7.98. The highest BCUT2D eigenvalue weighted by molar-refractivity contribution is 5.82. The molecule has 2 atom stereocenters. The van der Waals surface area contributed by atoms with Crippen LogP contribution in [0.4, 0.5) is 0 Å². The Morgan fingerprint density at radius 3 is 2.71 bits per heavy atom. The van der Waals surface area contributed by atoms with Crippen molar-refractivity contribution in [2.75, 3.05) is 46.3 Å². The highest BCUT2D eigenvalue weighted by Gasteiger charge is 2.44. The Morgan fingerprint density at radius 2 is 2.00 bits per heavy atom. The number of carbonyl (C=O) groups is 1. The van der Waals surface area contributed by atoms with E-state index in [2.05, 4.69) is 34.5 Å². The van der Waals surface area contributed by atoms with Gasteiger partial charge >= 0.3 is 0 Å². The average Bonchev–Trinajstić information content (AvgIpc) is 3.34. The molecule has 0 radical (unpaired) electrons. The average molecular weight is 287 g/mol. The van der Waals surface area contributed by atoms with Crippen LogP contribution in [-0.4, -0.2) is 62.0 Å². The molecule has 1 saturated carbocycles. The number of piperazine rings is 1. The van der Waals surface area contributed by atoms with Crippen LogP contribution in [0, 0.1) is 5.92 Å². The van der Waals surface area contributed by atoms with Gasteiger partial charge in [-0.15, -0.1) is 0 Å². The number of amides is 1. The quantitative estimate of drug-likeness (QED) is 0.882. The van der Waals surface area contributed by atoms with Crippen LogP contribution < -0.4 is 5.32 Å². The van der Waals surface area contributed by atoms with Gasteiger partial charge in [-0.3, -0.25) is 9.69 Å². The summed E-state index contributed by atoms with van der Waals surface area (Å²) in [5, 5.41) is 3.36. The third kappa shape index (κ3) is 3.63. The van der Waals surface area contributed by atoms with Crippen LogP contribution in [0.5, 0.6) is 0 Å². The molecule has 21 heavy (non-hydrogen) atoms. The molecule has 3 rings (SSSR count). The zero-order valence-electron chi connectivity index (χ0n) is 12.8. The Morgan fingerprint density at radius 1 is 1.29 bits per heavy atom. The summed E-state index contributed by atoms with van der Waals surface area (Å²) in [5.41, 5.74) is 1.31. The fourth-order valence-corrected chi connectivity index (χ4v) is 3.16. The monoisotopic (exact) mass is 287 g/mol. The molecule has 114 valence electrons. The summed E-state index contributed by atoms with van der Waals surface area (Å²) in [7, 11) is 1.95. The van der Waals surface area contributed by atoms with Gasteiger partial charge in [-0.25, -0.2) is 0 Å². The summed E-state index contributed by atoms with van der Waals surface area (Å²) in [4.78, 5) is 16.8. The predicted octanol–water partition coefficient (Wildman–Crippen LogP) is 1.15. The summed E-state index contributed by atoms with van der Waals surface area (Å²) < 4.78 is 0. The van der Waals surface area contributed by atoms with Crippen LogP contribution in [0.1, 0.15) is 17.9 Å². The maximum absolute atomic E-state index is 12.5. The van der Waals surface area contributed by atoms with Gasteiger partial charge in [0.1, 0.15) is 0 Å². The van der Waals surface area contributed by atoms with E-state index in [1.165, 1.54) is 5.56 Å². The minimum absolute atomic E-state index is 0.209. The minimum atomic E-state index is 0.209. The first-order valence-electron chi connectivity index (χ1n) is 7.98. The Balaban J connectivity index is 1.45. The van der Waals surface area contributed by atoms with Crippen molar-refractivity contribution >= 4 is 5.91 Å². The molecule has 0 aromatic heterocycles. The number of likely N-dealkylation sites (N-methyl/N-ethyl adjacent to an activating group) is 1. The van der Waals surface area contributed by atoms with E-state index in [1.54, 1.807) is 0 Å². The van der Waals surface area contributed by atoms with Gasteiger partial charge in [0, 0.05) is 52.2 Å². The second-order valence-corrected chi connectivity index (χ2v) is 6.21. The maximum Gasteiger partial charge on any atom is 0.226 e. The Labute approximate surface area is 127 Å². The molecule has 4 nitrogen and oxygen atoms in total. The van der Waals surface area contributed by atoms with Gasteiger partial charge < -0.3 is 10.2 Å². The zero-order chi connectivity index (χ0) is 14.7. The molecule has 1 saturated heterocycles. The lowest BCUT2D eigenvalue weighted by Gasteiger charge is -2.29. The molecule has 1 aliphatic carbocycles. The summed E-state index contributed by atoms with van der Waals surface area (Å²) in [6.07, 6.45) is 1.01. The van der Waals surface area contributed by atoms with Crippen molar-refractivity contribution in [3.05, 3.63) is 35.9 Å². The normalized spacial score (nSPS) is 25.6. The van der Waals surface area contributed by atoms with E-state index in [1.807, 2.05) is 18.0 Å². The fraction of sp³-hybridized carbons (Fsp3) is 0.588. The van der Waals surface area contributed by atoms with Gasteiger partial charge in [0.2, 0.25) is 5.91 Å². The second-order valence-electron chi connectivity index (χ2n) is 6.21. The molecule has 0 spiro atoms. The third-order valence-electron chi connectivity index (χ3n) is 4.67. The van der Waals surface area contributed by atoms with Crippen molar-refractivity contribution in [3.8, 4) is 0 Å². The minimum Gasteiger partial charge on any atom is -0.344 e. The van der Waals surface area contributed by atoms with Crippen molar-refractivity contribution in [3.63, 3.8) is 0 Å². The van der Waals surface area contributed by atoms with E-state index in [0.29, 0.717) is 11.8 Å². The molecule has 1 aromatic carbocycles. The van der Waals surface area contributed by atoms with Gasteiger partial charge in [-0.2, -0.15) is 0 Å². The number of rotatable bonds is 5. The van der Waals surface area contributed by atoms with Crippen molar-refractivity contribution in [2.24, 2.45) is 5.92 Å². The van der Waals surface area contributed by atoms with E-state index in [9.17, 15) is 4.79 Å². The number of carbonyl (C=O) groups excluding carboxylic acids is 1. The number of benzene rings is 1. The number of hydrogen-bond acceptors (Lipinski definition) is 3. The molecule has 1 aliphatic heterocycles. The fourth-order valence-electron chi connectivity index (χ4n) is 3.16. The Kier molecular flexibility index (Phi) is 4.56. The lowest BCUT2D eigenvalue weighted by atomic mass is 10.1. The first kappa shape index (κ1) is 14.5. The van der Waals surface area contributed by atoms with Crippen LogP contribution in [0.2, 0.25) is 0 Å². The van der Waals surface area contributed by atoms with Crippen molar-refractivity contribution in [2.45, 2.75) is 12.3 Å². The molecule has 4 heteroatoms. The van der Waals surface area contributed by atoms with E-state index in [0.717, 1.165) is 45.7 Å². The van der Waals surface area contributed by atoms with Crippen molar-refractivity contribution in [1.82, 2.24) is 15.1 Å². The molecule has 1 heterocycles. The van der Waals surface area contributed by atoms with Crippen LogP contribution in [0.25, 0.3) is 0 Å². The SMILES string of the molecule is CN(CCN1CCNCC1)C(=O)C1CC1c1ccccc1. The Bertz CT molecular complexity index is 470. The predicted molar refractivity (Wildman–Crippen MR) is 84.2 cm³/mol. The molecule has 1 aromatic rings. The highest BCUT2D eigenvalue weighted by atomic mass is 16.2. The molecule has 2 unspecified atom stereocenters. The maximum atomic E-state index is 12.5. The second kappa shape index (κ2) is 6.58. The van der Waals surface area contributed by atoms with Crippen molar-refractivity contribution in [1.29, 1.82) is 0 Å². The zero-order valence-corrected chi connectivity index (χ0v) is 12.8. The van der Waals surface area contributed by atoms with Gasteiger partial charge in [0.25, 0.3) is 0 Å². The largest absolute Gasteiger partial charge is 0.344 e. The van der Waals surface area contributed by atoms with Crippen LogP contribution in [0.15, 0.2) is 30.3 Å². The summed E-state index contributed by atoms with van der Waals surface area (Å²) >= 11 is 0. The van der Waals surface area contributed by atoms with Gasteiger partial charge in [-0.05, 0) is 17.9 Å². The third-order valence-corrected chi connectivity index (χ3v) is 4.67. The highest BCUT2D eigenvalue weighted by Crippen LogP contribution is 2.48. The molecule has 2 aliphatic rings. The number of nitrogens with zero attached hydrogens (tertiary/aromatic N) is 2.